The highest BCUT2D eigenvalue weighted by Crippen LogP contribution is 2.33. The molecule has 2 heterocycles. The van der Waals surface area contributed by atoms with E-state index in [2.05, 4.69) is 24.0 Å². The molecule has 1 aliphatic rings. The number of carbonyl (C=O) groups is 2. The Bertz CT molecular complexity index is 799. The summed E-state index contributed by atoms with van der Waals surface area (Å²) in [5, 5.41) is 8.87. The van der Waals surface area contributed by atoms with E-state index in [1.165, 1.54) is 22.4 Å². The van der Waals surface area contributed by atoms with E-state index in [0.717, 1.165) is 12.0 Å². The summed E-state index contributed by atoms with van der Waals surface area (Å²) in [6, 6.07) is 10.5. The lowest BCUT2D eigenvalue weighted by Gasteiger charge is -2.25. The van der Waals surface area contributed by atoms with Crippen molar-refractivity contribution in [2.75, 3.05) is 18.0 Å². The number of nitrogens with zero attached hydrogens (tertiary/aromatic N) is 2. The highest BCUT2D eigenvalue weighted by atomic mass is 16.4. The van der Waals surface area contributed by atoms with Crippen molar-refractivity contribution in [3.05, 3.63) is 53.5 Å². The fourth-order valence-corrected chi connectivity index (χ4v) is 3.48. The molecule has 0 radical (unpaired) electrons. The summed E-state index contributed by atoms with van der Waals surface area (Å²) < 4.78 is 5.48. The first-order chi connectivity index (χ1) is 12.5. The van der Waals surface area contributed by atoms with Gasteiger partial charge >= 0.3 is 5.97 Å². The maximum absolute atomic E-state index is 12.8. The lowest BCUT2D eigenvalue weighted by atomic mass is 10.1. The second-order valence-corrected chi connectivity index (χ2v) is 6.61. The summed E-state index contributed by atoms with van der Waals surface area (Å²) in [5.41, 5.74) is 3.33. The molecule has 26 heavy (non-hydrogen) atoms. The molecule has 6 nitrogen and oxygen atoms in total. The van der Waals surface area contributed by atoms with Crippen molar-refractivity contribution in [1.29, 1.82) is 0 Å². The Morgan fingerprint density at radius 3 is 2.81 bits per heavy atom. The van der Waals surface area contributed by atoms with E-state index >= 15 is 0 Å². The lowest BCUT2D eigenvalue weighted by Crippen LogP contribution is -2.34. The van der Waals surface area contributed by atoms with Crippen LogP contribution in [0.25, 0.3) is 0 Å². The van der Waals surface area contributed by atoms with E-state index in [-0.39, 0.29) is 18.9 Å². The molecule has 1 aromatic carbocycles. The molecule has 0 bridgehead atoms. The Labute approximate surface area is 153 Å². The van der Waals surface area contributed by atoms with E-state index in [4.69, 9.17) is 9.52 Å². The Morgan fingerprint density at radius 2 is 2.08 bits per heavy atom. The largest absolute Gasteiger partial charge is 0.481 e. The molecule has 1 aromatic heterocycles. The summed E-state index contributed by atoms with van der Waals surface area (Å²) in [4.78, 5) is 27.4. The number of hydrogen-bond donors (Lipinski definition) is 1. The smallest absolute Gasteiger partial charge is 0.305 e. The summed E-state index contributed by atoms with van der Waals surface area (Å²) in [6.45, 7) is 5.21. The second-order valence-electron chi connectivity index (χ2n) is 6.61. The number of amides is 1. The number of rotatable bonds is 7. The molecule has 2 aromatic rings. The number of furan rings is 1. The number of anilines is 1. The summed E-state index contributed by atoms with van der Waals surface area (Å²) >= 11 is 0. The zero-order valence-corrected chi connectivity index (χ0v) is 15.1. The molecule has 1 aliphatic heterocycles. The van der Waals surface area contributed by atoms with Gasteiger partial charge in [0.25, 0.3) is 5.91 Å². The highest BCUT2D eigenvalue weighted by Gasteiger charge is 2.28. The molecule has 0 spiro atoms. The van der Waals surface area contributed by atoms with E-state index in [0.29, 0.717) is 24.9 Å². The number of benzene rings is 1. The van der Waals surface area contributed by atoms with Crippen molar-refractivity contribution in [1.82, 2.24) is 4.90 Å². The summed E-state index contributed by atoms with van der Waals surface area (Å²) in [7, 11) is 0. The molecular weight excluding hydrogens is 332 g/mol. The normalized spacial score (nSPS) is 15.8. The predicted molar refractivity (Wildman–Crippen MR) is 98.3 cm³/mol. The molecular formula is C20H24N2O4. The quantitative estimate of drug-likeness (QED) is 0.825. The summed E-state index contributed by atoms with van der Waals surface area (Å²) in [6.07, 6.45) is 2.43. The highest BCUT2D eigenvalue weighted by molar-refractivity contribution is 5.93. The molecule has 0 saturated heterocycles. The van der Waals surface area contributed by atoms with Crippen LogP contribution in [-0.2, 0) is 17.8 Å². The Hall–Kier alpha value is -2.76. The van der Waals surface area contributed by atoms with Gasteiger partial charge < -0.3 is 19.3 Å². The average Bonchev–Trinajstić information content (AvgIpc) is 3.20. The number of para-hydroxylation sites is 1. The third kappa shape index (κ3) is 3.59. The minimum atomic E-state index is -0.918. The molecule has 0 fully saturated rings. The standard InChI is InChI=1S/C20H24N2O4/c1-3-21(10-8-18(23)24)20(25)19-16(9-11-26-19)13-22-14(2)12-15-6-4-5-7-17(15)22/h4-7,9,11,14H,3,8,10,12-13H2,1-2H3,(H,23,24). The van der Waals surface area contributed by atoms with E-state index in [1.807, 2.05) is 25.1 Å². The van der Waals surface area contributed by atoms with Gasteiger partial charge in [-0.2, -0.15) is 0 Å². The SMILES string of the molecule is CCN(CCC(=O)O)C(=O)c1occc1CN1c2ccccc2CC1C. The van der Waals surface area contributed by atoms with Gasteiger partial charge in [-0.05, 0) is 38.0 Å². The third-order valence-electron chi connectivity index (χ3n) is 4.89. The maximum atomic E-state index is 12.8. The first-order valence-electron chi connectivity index (χ1n) is 8.93. The number of fused-ring (bicyclic) bond motifs is 1. The van der Waals surface area contributed by atoms with Crippen molar-refractivity contribution in [3.8, 4) is 0 Å². The van der Waals surface area contributed by atoms with Crippen LogP contribution < -0.4 is 4.90 Å². The lowest BCUT2D eigenvalue weighted by molar-refractivity contribution is -0.137. The summed E-state index contributed by atoms with van der Waals surface area (Å²) in [5.74, 6) is -0.874. The van der Waals surface area contributed by atoms with Crippen LogP contribution in [0.3, 0.4) is 0 Å². The van der Waals surface area contributed by atoms with Gasteiger partial charge in [0.2, 0.25) is 0 Å². The van der Waals surface area contributed by atoms with Gasteiger partial charge in [-0.3, -0.25) is 9.59 Å². The first kappa shape index (κ1) is 18.0. The third-order valence-corrected chi connectivity index (χ3v) is 4.89. The van der Waals surface area contributed by atoms with Crippen molar-refractivity contribution >= 4 is 17.6 Å². The number of carbonyl (C=O) groups excluding carboxylic acids is 1. The Kier molecular flexibility index (Phi) is 5.30. The van der Waals surface area contributed by atoms with Gasteiger partial charge in [0, 0.05) is 36.9 Å². The van der Waals surface area contributed by atoms with Crippen LogP contribution in [0, 0.1) is 0 Å². The minimum absolute atomic E-state index is 0.0772. The van der Waals surface area contributed by atoms with Gasteiger partial charge in [-0.1, -0.05) is 18.2 Å². The van der Waals surface area contributed by atoms with Crippen molar-refractivity contribution < 1.29 is 19.1 Å². The molecule has 1 unspecified atom stereocenters. The molecule has 0 aliphatic carbocycles. The van der Waals surface area contributed by atoms with E-state index < -0.39 is 5.97 Å². The number of aliphatic carboxylic acids is 1. The molecule has 1 atom stereocenters. The first-order valence-corrected chi connectivity index (χ1v) is 8.93. The molecule has 1 amide bonds. The monoisotopic (exact) mass is 356 g/mol. The van der Waals surface area contributed by atoms with Crippen LogP contribution in [0.1, 0.15) is 41.9 Å². The second kappa shape index (κ2) is 7.64. The minimum Gasteiger partial charge on any atom is -0.481 e. The zero-order valence-electron chi connectivity index (χ0n) is 15.1. The van der Waals surface area contributed by atoms with Gasteiger partial charge in [-0.25, -0.2) is 0 Å². The van der Waals surface area contributed by atoms with Crippen LogP contribution in [0.2, 0.25) is 0 Å². The maximum Gasteiger partial charge on any atom is 0.305 e. The van der Waals surface area contributed by atoms with Crippen LogP contribution in [0.15, 0.2) is 41.0 Å². The van der Waals surface area contributed by atoms with Crippen LogP contribution in [0.4, 0.5) is 5.69 Å². The van der Waals surface area contributed by atoms with Crippen molar-refractivity contribution in [3.63, 3.8) is 0 Å². The van der Waals surface area contributed by atoms with Gasteiger partial charge in [0.05, 0.1) is 12.7 Å². The van der Waals surface area contributed by atoms with Gasteiger partial charge in [0.1, 0.15) is 0 Å². The predicted octanol–water partition coefficient (Wildman–Crippen LogP) is 3.17. The topological polar surface area (TPSA) is 74.0 Å². The average molecular weight is 356 g/mol. The van der Waals surface area contributed by atoms with Gasteiger partial charge in [0.15, 0.2) is 5.76 Å². The van der Waals surface area contributed by atoms with Crippen molar-refractivity contribution in [2.24, 2.45) is 0 Å². The number of hydrogen-bond acceptors (Lipinski definition) is 4. The van der Waals surface area contributed by atoms with E-state index in [9.17, 15) is 9.59 Å². The van der Waals surface area contributed by atoms with Crippen LogP contribution in [0.5, 0.6) is 0 Å². The zero-order chi connectivity index (χ0) is 18.7. The molecule has 6 heteroatoms. The molecule has 3 rings (SSSR count). The van der Waals surface area contributed by atoms with Crippen LogP contribution >= 0.6 is 0 Å². The van der Waals surface area contributed by atoms with E-state index in [1.54, 1.807) is 0 Å². The Balaban J connectivity index is 1.78. The molecule has 138 valence electrons. The molecule has 0 saturated carbocycles. The Morgan fingerprint density at radius 1 is 1.31 bits per heavy atom. The van der Waals surface area contributed by atoms with Gasteiger partial charge in [-0.15, -0.1) is 0 Å². The number of carboxylic acid groups (broad SMARTS) is 1. The fourth-order valence-electron chi connectivity index (χ4n) is 3.48. The molecule has 1 N–H and O–H groups in total. The fraction of sp³-hybridized carbons (Fsp3) is 0.400. The number of carboxylic acids is 1. The van der Waals surface area contributed by atoms with Crippen molar-refractivity contribution in [2.45, 2.75) is 39.3 Å². The van der Waals surface area contributed by atoms with Crippen LogP contribution in [-0.4, -0.2) is 41.0 Å².